The van der Waals surface area contributed by atoms with Crippen molar-refractivity contribution in [1.29, 1.82) is 0 Å². The van der Waals surface area contributed by atoms with E-state index in [4.69, 9.17) is 0 Å². The molecule has 0 radical (unpaired) electrons. The second-order valence-electron chi connectivity index (χ2n) is 8.90. The van der Waals surface area contributed by atoms with Gasteiger partial charge in [0.25, 0.3) is 0 Å². The van der Waals surface area contributed by atoms with E-state index in [1.807, 2.05) is 28.8 Å². The van der Waals surface area contributed by atoms with Crippen molar-refractivity contribution in [2.45, 2.75) is 18.6 Å². The van der Waals surface area contributed by atoms with Crippen molar-refractivity contribution in [3.8, 4) is 0 Å². The van der Waals surface area contributed by atoms with Crippen LogP contribution in [0.1, 0.15) is 11.1 Å². The van der Waals surface area contributed by atoms with Crippen LogP contribution in [0.3, 0.4) is 0 Å². The van der Waals surface area contributed by atoms with Crippen LogP contribution < -0.4 is 15.1 Å². The van der Waals surface area contributed by atoms with Crippen molar-refractivity contribution in [2.24, 2.45) is 5.92 Å². The normalized spacial score (nSPS) is 20.5. The Kier molecular flexibility index (Phi) is 6.52. The molecule has 1 amide bonds. The molecule has 0 aromatic heterocycles. The highest BCUT2D eigenvalue weighted by molar-refractivity contribution is 5.82. The van der Waals surface area contributed by atoms with E-state index in [0.29, 0.717) is 44.0 Å². The smallest absolute Gasteiger partial charge is 0.365 e. The molecule has 0 bridgehead atoms. The number of benzene rings is 2. The number of para-hydroxylation sites is 1. The Hall–Kier alpha value is -2.81. The molecule has 2 atom stereocenters. The van der Waals surface area contributed by atoms with Gasteiger partial charge in [-0.3, -0.25) is 4.79 Å². The molecule has 0 aliphatic carbocycles. The van der Waals surface area contributed by atoms with Crippen molar-refractivity contribution in [1.82, 2.24) is 10.2 Å². The Morgan fingerprint density at radius 1 is 1.12 bits per heavy atom. The van der Waals surface area contributed by atoms with Crippen molar-refractivity contribution in [3.05, 3.63) is 59.4 Å². The van der Waals surface area contributed by atoms with Crippen LogP contribution in [0.25, 0.3) is 0 Å². The highest BCUT2D eigenvalue weighted by Gasteiger charge is 2.43. The first-order chi connectivity index (χ1) is 15.6. The highest BCUT2D eigenvalue weighted by Crippen LogP contribution is 2.40. The van der Waals surface area contributed by atoms with Gasteiger partial charge in [0, 0.05) is 38.4 Å². The van der Waals surface area contributed by atoms with Crippen molar-refractivity contribution in [2.75, 3.05) is 56.6 Å². The summed E-state index contributed by atoms with van der Waals surface area (Å²) in [6.07, 6.45) is -4.24. The predicted molar refractivity (Wildman–Crippen MR) is 120 cm³/mol. The van der Waals surface area contributed by atoms with E-state index in [9.17, 15) is 22.4 Å². The van der Waals surface area contributed by atoms with Crippen LogP contribution in [0.2, 0.25) is 0 Å². The zero-order chi connectivity index (χ0) is 23.8. The minimum atomic E-state index is -4.45. The van der Waals surface area contributed by atoms with Gasteiger partial charge < -0.3 is 20.0 Å². The molecule has 2 aliphatic rings. The van der Waals surface area contributed by atoms with Crippen molar-refractivity contribution < 1.29 is 22.4 Å². The van der Waals surface area contributed by atoms with Crippen LogP contribution in [-0.2, 0) is 17.4 Å². The summed E-state index contributed by atoms with van der Waals surface area (Å²) in [6, 6.07) is 10.00. The van der Waals surface area contributed by atoms with Crippen LogP contribution in [0.4, 0.5) is 28.9 Å². The molecule has 5 nitrogen and oxygen atoms in total. The number of rotatable bonds is 5. The molecular formula is C24H28F4N4O. The minimum Gasteiger partial charge on any atom is -0.365 e. The second kappa shape index (κ2) is 9.21. The maximum atomic E-state index is 14.4. The van der Waals surface area contributed by atoms with Crippen LogP contribution in [0, 0.1) is 11.7 Å². The summed E-state index contributed by atoms with van der Waals surface area (Å²) < 4.78 is 54.4. The van der Waals surface area contributed by atoms with Gasteiger partial charge in [-0.2, -0.15) is 13.2 Å². The molecule has 33 heavy (non-hydrogen) atoms. The molecule has 1 saturated heterocycles. The van der Waals surface area contributed by atoms with E-state index in [-0.39, 0.29) is 24.2 Å². The molecular weight excluding hydrogens is 436 g/mol. The van der Waals surface area contributed by atoms with Gasteiger partial charge in [-0.25, -0.2) is 4.39 Å². The zero-order valence-corrected chi connectivity index (χ0v) is 18.7. The maximum absolute atomic E-state index is 14.4. The largest absolute Gasteiger partial charge is 0.416 e. The van der Waals surface area contributed by atoms with Gasteiger partial charge in [-0.05, 0) is 56.4 Å². The average molecular weight is 465 g/mol. The molecule has 2 aromatic carbocycles. The fourth-order valence-corrected chi connectivity index (χ4v) is 4.76. The molecule has 4 rings (SSSR count). The second-order valence-corrected chi connectivity index (χ2v) is 8.90. The summed E-state index contributed by atoms with van der Waals surface area (Å²) in [7, 11) is 3.80. The van der Waals surface area contributed by atoms with Crippen LogP contribution in [-0.4, -0.2) is 63.7 Å². The van der Waals surface area contributed by atoms with E-state index >= 15 is 0 Å². The van der Waals surface area contributed by atoms with Gasteiger partial charge in [-0.1, -0.05) is 12.1 Å². The fraction of sp³-hybridized carbons (Fsp3) is 0.458. The number of fused-ring (bicyclic) bond motifs is 3. The molecule has 9 heteroatoms. The van der Waals surface area contributed by atoms with Crippen molar-refractivity contribution >= 4 is 17.3 Å². The van der Waals surface area contributed by atoms with E-state index in [1.54, 1.807) is 18.2 Å². The molecule has 1 N–H and O–H groups in total. The van der Waals surface area contributed by atoms with E-state index in [0.717, 1.165) is 17.8 Å². The van der Waals surface area contributed by atoms with Crippen molar-refractivity contribution in [3.63, 3.8) is 0 Å². The van der Waals surface area contributed by atoms with E-state index in [2.05, 4.69) is 5.32 Å². The number of carbonyl (C=O) groups is 1. The topological polar surface area (TPSA) is 38.8 Å². The number of piperazine rings is 1. The Bertz CT molecular complexity index is 1010. The van der Waals surface area contributed by atoms with Gasteiger partial charge in [-0.15, -0.1) is 0 Å². The maximum Gasteiger partial charge on any atom is 0.416 e. The van der Waals surface area contributed by atoms with Crippen LogP contribution in [0.5, 0.6) is 0 Å². The SMILES string of the molecule is CN(C)CCNC(=O)[C@@H]1Cc2cc(C(F)(F)F)ccc2N2CCN(c3ccccc3F)C[C@H]12. The third-order valence-corrected chi connectivity index (χ3v) is 6.43. The average Bonchev–Trinajstić information content (AvgIpc) is 2.77. The number of nitrogens with one attached hydrogen (secondary N) is 1. The summed E-state index contributed by atoms with van der Waals surface area (Å²) in [5, 5.41) is 2.94. The fourth-order valence-electron chi connectivity index (χ4n) is 4.76. The monoisotopic (exact) mass is 464 g/mol. The predicted octanol–water partition coefficient (Wildman–Crippen LogP) is 3.39. The molecule has 0 saturated carbocycles. The standard InChI is InChI=1S/C24H28F4N4O/c1-30(2)10-9-29-23(33)18-14-16-13-17(24(26,27)28)7-8-20(16)32-12-11-31(15-22(18)32)21-6-4-3-5-19(21)25/h3-8,13,18,22H,9-12,14-15H2,1-2H3,(H,29,33)/t18-,22-/m1/s1. The first kappa shape index (κ1) is 23.4. The summed E-state index contributed by atoms with van der Waals surface area (Å²) in [5.74, 6) is -1.06. The third-order valence-electron chi connectivity index (χ3n) is 6.43. The van der Waals surface area contributed by atoms with Gasteiger partial charge in [0.2, 0.25) is 5.91 Å². The lowest BCUT2D eigenvalue weighted by Gasteiger charge is -2.49. The number of anilines is 2. The Morgan fingerprint density at radius 2 is 1.88 bits per heavy atom. The number of halogens is 4. The lowest BCUT2D eigenvalue weighted by atomic mass is 9.82. The van der Waals surface area contributed by atoms with Gasteiger partial charge in [0.05, 0.1) is 23.2 Å². The third kappa shape index (κ3) is 4.93. The minimum absolute atomic E-state index is 0.190. The quantitative estimate of drug-likeness (QED) is 0.689. The molecule has 2 aromatic rings. The number of carbonyl (C=O) groups excluding carboxylic acids is 1. The van der Waals surface area contributed by atoms with Gasteiger partial charge >= 0.3 is 6.18 Å². The molecule has 2 heterocycles. The number of amides is 1. The summed E-state index contributed by atoms with van der Waals surface area (Å²) in [6.45, 7) is 2.50. The number of hydrogen-bond acceptors (Lipinski definition) is 4. The lowest BCUT2D eigenvalue weighted by molar-refractivity contribution is -0.137. The summed E-state index contributed by atoms with van der Waals surface area (Å²) in [4.78, 5) is 19.1. The number of nitrogens with zero attached hydrogens (tertiary/aromatic N) is 3. The first-order valence-corrected chi connectivity index (χ1v) is 11.0. The zero-order valence-electron chi connectivity index (χ0n) is 18.7. The van der Waals surface area contributed by atoms with Crippen LogP contribution in [0.15, 0.2) is 42.5 Å². The highest BCUT2D eigenvalue weighted by atomic mass is 19.4. The Labute approximate surface area is 191 Å². The van der Waals surface area contributed by atoms with E-state index < -0.39 is 17.7 Å². The summed E-state index contributed by atoms with van der Waals surface area (Å²) >= 11 is 0. The molecule has 0 spiro atoms. The number of alkyl halides is 3. The lowest BCUT2D eigenvalue weighted by Crippen LogP contribution is -2.61. The summed E-state index contributed by atoms with van der Waals surface area (Å²) in [5.41, 5.74) is 1.00. The van der Waals surface area contributed by atoms with Gasteiger partial charge in [0.15, 0.2) is 0 Å². The van der Waals surface area contributed by atoms with Crippen LogP contribution >= 0.6 is 0 Å². The Morgan fingerprint density at radius 3 is 2.58 bits per heavy atom. The number of hydrogen-bond donors (Lipinski definition) is 1. The molecule has 2 aliphatic heterocycles. The molecule has 178 valence electrons. The number of likely N-dealkylation sites (N-methyl/N-ethyl adjacent to an activating group) is 1. The Balaban J connectivity index is 1.65. The van der Waals surface area contributed by atoms with Gasteiger partial charge in [0.1, 0.15) is 5.82 Å². The molecule has 1 fully saturated rings. The molecule has 0 unspecified atom stereocenters. The van der Waals surface area contributed by atoms with E-state index in [1.165, 1.54) is 12.1 Å². The first-order valence-electron chi connectivity index (χ1n) is 11.0.